The summed E-state index contributed by atoms with van der Waals surface area (Å²) in [5.74, 6) is 0.0474. The van der Waals surface area contributed by atoms with Crippen LogP contribution in [0.4, 0.5) is 0 Å². The molecular weight excluding hydrogens is 260 g/mol. The van der Waals surface area contributed by atoms with Gasteiger partial charge >= 0.3 is 5.97 Å². The highest BCUT2D eigenvalue weighted by atomic mass is 28.4. The summed E-state index contributed by atoms with van der Waals surface area (Å²) < 4.78 is 16.5. The Morgan fingerprint density at radius 1 is 1.00 bits per heavy atom. The van der Waals surface area contributed by atoms with E-state index >= 15 is 0 Å². The fourth-order valence-corrected chi connectivity index (χ4v) is 2.18. The number of unbranched alkanes of at least 4 members (excludes halogenated alkanes) is 1. The second-order valence-corrected chi connectivity index (χ2v) is 9.67. The van der Waals surface area contributed by atoms with E-state index < -0.39 is 8.32 Å². The quantitative estimate of drug-likeness (QED) is 0.280. The summed E-state index contributed by atoms with van der Waals surface area (Å²) in [4.78, 5) is 12.0. The average molecular weight is 288 g/mol. The van der Waals surface area contributed by atoms with Gasteiger partial charge in [0.1, 0.15) is 5.57 Å². The minimum Gasteiger partial charge on any atom is -0.519 e. The van der Waals surface area contributed by atoms with Gasteiger partial charge in [-0.3, -0.25) is 0 Å². The first-order valence-electron chi connectivity index (χ1n) is 7.07. The van der Waals surface area contributed by atoms with Crippen LogP contribution in [0.15, 0.2) is 11.5 Å². The molecular formula is C14H28O4Si. The van der Waals surface area contributed by atoms with Crippen molar-refractivity contribution in [1.29, 1.82) is 0 Å². The largest absolute Gasteiger partial charge is 0.519 e. The monoisotopic (exact) mass is 288 g/mol. The lowest BCUT2D eigenvalue weighted by Gasteiger charge is -2.23. The van der Waals surface area contributed by atoms with E-state index in [1.54, 1.807) is 6.92 Å². The van der Waals surface area contributed by atoms with Crippen LogP contribution in [0.2, 0.25) is 19.6 Å². The number of esters is 1. The Hall–Kier alpha value is -0.973. The van der Waals surface area contributed by atoms with Gasteiger partial charge < -0.3 is 13.9 Å². The Bertz CT molecular complexity index is 305. The van der Waals surface area contributed by atoms with Crippen molar-refractivity contribution in [2.75, 3.05) is 13.2 Å². The van der Waals surface area contributed by atoms with Gasteiger partial charge in [-0.05, 0) is 46.3 Å². The van der Waals surface area contributed by atoms with Gasteiger partial charge in [0.15, 0.2) is 0 Å². The van der Waals surface area contributed by atoms with Crippen molar-refractivity contribution in [2.24, 2.45) is 0 Å². The van der Waals surface area contributed by atoms with Crippen LogP contribution in [0.1, 0.15) is 40.0 Å². The minimum absolute atomic E-state index is 0.322. The molecule has 0 atom stereocenters. The van der Waals surface area contributed by atoms with Gasteiger partial charge in [0, 0.05) is 0 Å². The number of ether oxygens (including phenoxy) is 2. The standard InChI is InChI=1S/C14H28O4Si/c1-7-10-11-12(13(15)16-8-2)14(17-9-3)18-19(4,5)6/h7-11H2,1-6H3. The number of carbonyl (C=O) groups excluding carboxylic acids is 1. The highest BCUT2D eigenvalue weighted by molar-refractivity contribution is 6.70. The Morgan fingerprint density at radius 3 is 2.00 bits per heavy atom. The Balaban J connectivity index is 5.22. The van der Waals surface area contributed by atoms with Crippen molar-refractivity contribution in [1.82, 2.24) is 0 Å². The third-order valence-corrected chi connectivity index (χ3v) is 3.02. The molecule has 0 bridgehead atoms. The zero-order valence-corrected chi connectivity index (χ0v) is 14.2. The van der Waals surface area contributed by atoms with Crippen molar-refractivity contribution in [3.63, 3.8) is 0 Å². The summed E-state index contributed by atoms with van der Waals surface area (Å²) in [6, 6.07) is 0. The lowest BCUT2D eigenvalue weighted by atomic mass is 10.1. The van der Waals surface area contributed by atoms with E-state index in [1.165, 1.54) is 0 Å². The van der Waals surface area contributed by atoms with Crippen molar-refractivity contribution in [3.05, 3.63) is 11.5 Å². The average Bonchev–Trinajstić information content (AvgIpc) is 2.28. The molecule has 0 aliphatic rings. The van der Waals surface area contributed by atoms with E-state index in [0.29, 0.717) is 31.2 Å². The maximum atomic E-state index is 12.0. The van der Waals surface area contributed by atoms with Gasteiger partial charge in [-0.25, -0.2) is 4.79 Å². The molecule has 0 rings (SSSR count). The lowest BCUT2D eigenvalue weighted by Crippen LogP contribution is -2.27. The molecule has 0 unspecified atom stereocenters. The minimum atomic E-state index is -1.82. The van der Waals surface area contributed by atoms with Gasteiger partial charge in [-0.1, -0.05) is 13.3 Å². The maximum absolute atomic E-state index is 12.0. The van der Waals surface area contributed by atoms with Gasteiger partial charge in [0.05, 0.1) is 13.2 Å². The molecule has 5 heteroatoms. The Morgan fingerprint density at radius 2 is 1.58 bits per heavy atom. The summed E-state index contributed by atoms with van der Waals surface area (Å²) >= 11 is 0. The fraction of sp³-hybridized carbons (Fsp3) is 0.786. The molecule has 19 heavy (non-hydrogen) atoms. The first-order chi connectivity index (χ1) is 8.85. The van der Waals surface area contributed by atoms with Crippen molar-refractivity contribution >= 4 is 14.3 Å². The van der Waals surface area contributed by atoms with Crippen LogP contribution in [0.5, 0.6) is 0 Å². The van der Waals surface area contributed by atoms with Crippen molar-refractivity contribution in [2.45, 2.75) is 59.7 Å². The van der Waals surface area contributed by atoms with Crippen LogP contribution >= 0.6 is 0 Å². The van der Waals surface area contributed by atoms with E-state index in [-0.39, 0.29) is 5.97 Å². The van der Waals surface area contributed by atoms with Gasteiger partial charge in [0.2, 0.25) is 8.32 Å². The zero-order valence-electron chi connectivity index (χ0n) is 13.2. The number of carbonyl (C=O) groups is 1. The van der Waals surface area contributed by atoms with Gasteiger partial charge in [0.25, 0.3) is 5.95 Å². The van der Waals surface area contributed by atoms with Gasteiger partial charge in [-0.2, -0.15) is 0 Å². The molecule has 0 N–H and O–H groups in total. The first kappa shape index (κ1) is 18.0. The van der Waals surface area contributed by atoms with Gasteiger partial charge in [-0.15, -0.1) is 0 Å². The molecule has 0 aromatic rings. The highest BCUT2D eigenvalue weighted by Gasteiger charge is 2.25. The maximum Gasteiger partial charge on any atom is 0.341 e. The lowest BCUT2D eigenvalue weighted by molar-refractivity contribution is -0.139. The topological polar surface area (TPSA) is 44.8 Å². The number of hydrogen-bond donors (Lipinski definition) is 0. The number of rotatable bonds is 9. The molecule has 0 aromatic carbocycles. The molecule has 0 aliphatic carbocycles. The summed E-state index contributed by atoms with van der Waals surface area (Å²) in [6.45, 7) is 12.8. The second-order valence-electron chi connectivity index (χ2n) is 5.24. The molecule has 112 valence electrons. The molecule has 0 fully saturated rings. The summed E-state index contributed by atoms with van der Waals surface area (Å²) in [7, 11) is -1.82. The van der Waals surface area contributed by atoms with E-state index in [4.69, 9.17) is 13.9 Å². The SMILES string of the molecule is CCCCC(C(=O)OCC)=C(OCC)O[Si](C)(C)C. The summed E-state index contributed by atoms with van der Waals surface area (Å²) in [6.07, 6.45) is 2.56. The van der Waals surface area contributed by atoms with Crippen LogP contribution in [0.3, 0.4) is 0 Å². The molecule has 0 spiro atoms. The van der Waals surface area contributed by atoms with Crippen LogP contribution in [0.25, 0.3) is 0 Å². The molecule has 0 heterocycles. The fourth-order valence-electron chi connectivity index (χ4n) is 1.45. The second kappa shape index (κ2) is 9.01. The van der Waals surface area contributed by atoms with E-state index in [1.807, 2.05) is 6.92 Å². The summed E-state index contributed by atoms with van der Waals surface area (Å²) in [5, 5.41) is 0. The van der Waals surface area contributed by atoms with Crippen LogP contribution in [-0.2, 0) is 18.7 Å². The zero-order chi connectivity index (χ0) is 14.9. The molecule has 0 saturated heterocycles. The van der Waals surface area contributed by atoms with Crippen LogP contribution in [-0.4, -0.2) is 27.5 Å². The third kappa shape index (κ3) is 7.92. The highest BCUT2D eigenvalue weighted by Crippen LogP contribution is 2.21. The van der Waals surface area contributed by atoms with Crippen molar-refractivity contribution < 1.29 is 18.7 Å². The van der Waals surface area contributed by atoms with Crippen molar-refractivity contribution in [3.8, 4) is 0 Å². The van der Waals surface area contributed by atoms with E-state index in [2.05, 4.69) is 26.6 Å². The normalized spacial score (nSPS) is 12.7. The smallest absolute Gasteiger partial charge is 0.341 e. The molecule has 0 amide bonds. The van der Waals surface area contributed by atoms with E-state index in [0.717, 1.165) is 12.8 Å². The predicted molar refractivity (Wildman–Crippen MR) is 79.2 cm³/mol. The van der Waals surface area contributed by atoms with Crippen LogP contribution in [0, 0.1) is 0 Å². The molecule has 0 aliphatic heterocycles. The molecule has 4 nitrogen and oxygen atoms in total. The molecule has 0 radical (unpaired) electrons. The third-order valence-electron chi connectivity index (χ3n) is 2.22. The Kier molecular flexibility index (Phi) is 8.55. The number of hydrogen-bond acceptors (Lipinski definition) is 4. The Labute approximate surface area is 118 Å². The predicted octanol–water partition coefficient (Wildman–Crippen LogP) is 3.84. The molecule has 0 aromatic heterocycles. The molecule has 0 saturated carbocycles. The summed E-state index contributed by atoms with van der Waals surface area (Å²) in [5.41, 5.74) is 0.535. The first-order valence-corrected chi connectivity index (χ1v) is 10.5. The van der Waals surface area contributed by atoms with Crippen LogP contribution < -0.4 is 0 Å². The van der Waals surface area contributed by atoms with E-state index in [9.17, 15) is 4.79 Å².